The predicted molar refractivity (Wildman–Crippen MR) is 233 cm³/mol. The van der Waals surface area contributed by atoms with Gasteiger partial charge in [-0.3, -0.25) is 38.8 Å². The Bertz CT molecular complexity index is 2670. The third-order valence-corrected chi connectivity index (χ3v) is 13.6. The van der Waals surface area contributed by atoms with Gasteiger partial charge in [0.2, 0.25) is 17.7 Å². The number of aryl methyl sites for hydroxylation is 2. The Hall–Kier alpha value is -6.42. The van der Waals surface area contributed by atoms with Crippen LogP contribution in [0.5, 0.6) is 5.75 Å². The number of halogens is 2. The Morgan fingerprint density at radius 1 is 0.906 bits per heavy atom. The van der Waals surface area contributed by atoms with Gasteiger partial charge < -0.3 is 19.4 Å². The van der Waals surface area contributed by atoms with E-state index >= 15 is 0 Å². The molecule has 3 aromatic carbocycles. The number of rotatable bonds is 10. The van der Waals surface area contributed by atoms with E-state index in [1.165, 1.54) is 10.5 Å². The number of hydrogen-bond donors (Lipinski definition) is 1. The number of hydrogen-bond acceptors (Lipinski definition) is 9. The zero-order valence-corrected chi connectivity index (χ0v) is 36.1. The Morgan fingerprint density at radius 3 is 2.48 bits per heavy atom. The summed E-state index contributed by atoms with van der Waals surface area (Å²) in [6, 6.07) is 16.8. The maximum absolute atomic E-state index is 14.7. The second-order valence-corrected chi connectivity index (χ2v) is 17.7. The molecule has 0 spiro atoms. The zero-order valence-electron chi connectivity index (χ0n) is 36.1. The van der Waals surface area contributed by atoms with E-state index in [-0.39, 0.29) is 42.3 Å². The van der Waals surface area contributed by atoms with E-state index in [1.807, 2.05) is 29.2 Å². The molecule has 1 unspecified atom stereocenters. The minimum atomic E-state index is -2.67. The molecule has 5 aliphatic rings. The highest BCUT2D eigenvalue weighted by Gasteiger charge is 2.40. The maximum Gasteiger partial charge on any atom is 0.264 e. The van der Waals surface area contributed by atoms with Crippen molar-refractivity contribution in [1.29, 1.82) is 0 Å². The topological polar surface area (TPSA) is 138 Å². The molecule has 5 aromatic rings. The Balaban J connectivity index is 0.828. The zero-order chi connectivity index (χ0) is 44.2. The fourth-order valence-corrected chi connectivity index (χ4v) is 10.3. The molecule has 14 nitrogen and oxygen atoms in total. The number of anilines is 2. The Morgan fingerprint density at radius 2 is 1.72 bits per heavy atom. The van der Waals surface area contributed by atoms with Gasteiger partial charge in [-0.1, -0.05) is 30.3 Å². The summed E-state index contributed by atoms with van der Waals surface area (Å²) < 4.78 is 39.6. The number of aromatic nitrogens is 4. The van der Waals surface area contributed by atoms with Crippen molar-refractivity contribution in [2.45, 2.75) is 96.6 Å². The summed E-state index contributed by atoms with van der Waals surface area (Å²) in [5, 5.41) is 11.9. The first-order chi connectivity index (χ1) is 31.0. The highest BCUT2D eigenvalue weighted by molar-refractivity contribution is 6.05. The first-order valence-electron chi connectivity index (χ1n) is 22.3. The van der Waals surface area contributed by atoms with Crippen molar-refractivity contribution in [2.75, 3.05) is 31.1 Å². The van der Waals surface area contributed by atoms with Gasteiger partial charge in [0, 0.05) is 105 Å². The number of nitrogens with zero attached hydrogens (tertiary/aromatic N) is 8. The molecule has 4 amide bonds. The summed E-state index contributed by atoms with van der Waals surface area (Å²) in [6.07, 6.45) is 5.30. The summed E-state index contributed by atoms with van der Waals surface area (Å²) in [5.74, 6) is 0.373. The van der Waals surface area contributed by atoms with Crippen molar-refractivity contribution in [3.63, 3.8) is 0 Å². The molecule has 16 heteroatoms. The summed E-state index contributed by atoms with van der Waals surface area (Å²) in [7, 11) is 1.78. The van der Waals surface area contributed by atoms with Gasteiger partial charge in [0.1, 0.15) is 18.4 Å². The highest BCUT2D eigenvalue weighted by atomic mass is 19.3. The van der Waals surface area contributed by atoms with E-state index < -0.39 is 18.4 Å². The second-order valence-electron chi connectivity index (χ2n) is 17.7. The highest BCUT2D eigenvalue weighted by Crippen LogP contribution is 2.44. The molecule has 10 rings (SSSR count). The minimum Gasteiger partial charge on any atom is -0.489 e. The van der Waals surface area contributed by atoms with E-state index in [0.29, 0.717) is 61.5 Å². The molecular formula is C48H51F2N9O5. The molecule has 2 fully saturated rings. The van der Waals surface area contributed by atoms with Gasteiger partial charge >= 0.3 is 0 Å². The fourth-order valence-electron chi connectivity index (χ4n) is 10.3. The molecule has 7 heterocycles. The lowest BCUT2D eigenvalue weighted by atomic mass is 9.92. The molecule has 2 saturated heterocycles. The van der Waals surface area contributed by atoms with Crippen LogP contribution in [0, 0.1) is 0 Å². The third kappa shape index (κ3) is 7.81. The van der Waals surface area contributed by atoms with Gasteiger partial charge in [0.05, 0.1) is 25.3 Å². The second kappa shape index (κ2) is 16.9. The normalized spacial score (nSPS) is 19.2. The summed E-state index contributed by atoms with van der Waals surface area (Å²) in [4.78, 5) is 58.3. The van der Waals surface area contributed by atoms with Crippen molar-refractivity contribution in [1.82, 2.24) is 39.6 Å². The average Bonchev–Trinajstić information content (AvgIpc) is 4.00. The molecule has 0 saturated carbocycles. The molecular weight excluding hydrogens is 821 g/mol. The Labute approximate surface area is 369 Å². The van der Waals surface area contributed by atoms with Crippen LogP contribution in [0.15, 0.2) is 67.0 Å². The van der Waals surface area contributed by atoms with E-state index in [9.17, 15) is 28.0 Å². The lowest BCUT2D eigenvalue weighted by Gasteiger charge is -2.34. The number of ether oxygens (including phenoxy) is 1. The number of likely N-dealkylation sites (tertiary alicyclic amines) is 1. The maximum atomic E-state index is 14.7. The van der Waals surface area contributed by atoms with E-state index in [1.54, 1.807) is 49.2 Å². The number of piperidine rings is 2. The molecule has 1 atom stereocenters. The summed E-state index contributed by atoms with van der Waals surface area (Å²) in [6.45, 7) is 6.34. The minimum absolute atomic E-state index is 0.00636. The first kappa shape index (κ1) is 41.6. The molecule has 0 radical (unpaired) electrons. The molecule has 64 heavy (non-hydrogen) atoms. The van der Waals surface area contributed by atoms with Crippen molar-refractivity contribution in [2.24, 2.45) is 7.05 Å². The van der Waals surface area contributed by atoms with E-state index in [2.05, 4.69) is 37.0 Å². The van der Waals surface area contributed by atoms with Crippen LogP contribution in [0.1, 0.15) is 101 Å². The molecule has 0 aliphatic carbocycles. The van der Waals surface area contributed by atoms with Gasteiger partial charge in [-0.2, -0.15) is 10.2 Å². The molecule has 5 aliphatic heterocycles. The largest absolute Gasteiger partial charge is 0.489 e. The molecule has 0 bridgehead atoms. The number of carbonyl (C=O) groups is 4. The first-order valence-corrected chi connectivity index (χ1v) is 22.3. The number of amides is 4. The van der Waals surface area contributed by atoms with Crippen LogP contribution in [0.2, 0.25) is 0 Å². The van der Waals surface area contributed by atoms with Crippen LogP contribution in [0.3, 0.4) is 0 Å². The standard InChI is InChI=1S/C48H51F2N9O5/c1-29(60)56-19-15-40-39(26-56)46(57-16-5-8-32-21-36(33-23-51-54(2)25-33)37(45(49)50)22-42(32)57)53-59(40)34-13-17-55(18-14-34)24-30-6-3-7-31(20-30)28-64-43-10-4-9-35-38(43)27-58(48(35)63)41-11-12-44(61)52-47(41)62/h3-4,6-7,9-10,20-23,25,34,41,45H,5,8,11-19,24,26-28H2,1-2H3,(H,52,61,62). The van der Waals surface area contributed by atoms with Crippen LogP contribution in [-0.2, 0) is 60.5 Å². The monoisotopic (exact) mass is 871 g/mol. The van der Waals surface area contributed by atoms with Crippen LogP contribution in [-0.4, -0.2) is 90.1 Å². The molecule has 1 N–H and O–H groups in total. The van der Waals surface area contributed by atoms with Crippen LogP contribution in [0.4, 0.5) is 20.3 Å². The van der Waals surface area contributed by atoms with Crippen LogP contribution in [0.25, 0.3) is 11.1 Å². The van der Waals surface area contributed by atoms with Gasteiger partial charge in [-0.05, 0) is 78.6 Å². The SMILES string of the molecule is CC(=O)N1CCc2c(c(N3CCCc4cc(-c5cnn(C)c5)c(C(F)F)cc43)nn2C2CCN(Cc3cccc(COc4cccc5c4CN(C4CCC(=O)NC4=O)C5=O)c3)CC2)C1. The molecule has 2 aromatic heterocycles. The number of fused-ring (bicyclic) bond motifs is 3. The lowest BCUT2D eigenvalue weighted by Crippen LogP contribution is -2.52. The van der Waals surface area contributed by atoms with Crippen molar-refractivity contribution in [3.8, 4) is 16.9 Å². The quantitative estimate of drug-likeness (QED) is 0.158. The number of carbonyl (C=O) groups excluding carboxylic acids is 4. The number of nitrogens with one attached hydrogen (secondary N) is 1. The average molecular weight is 872 g/mol. The van der Waals surface area contributed by atoms with Crippen LogP contribution >= 0.6 is 0 Å². The Kier molecular flexibility index (Phi) is 11.0. The van der Waals surface area contributed by atoms with Gasteiger partial charge in [0.25, 0.3) is 12.3 Å². The number of imide groups is 1. The summed E-state index contributed by atoms with van der Waals surface area (Å²) >= 11 is 0. The van der Waals surface area contributed by atoms with Crippen molar-refractivity contribution >= 4 is 35.1 Å². The predicted octanol–water partition coefficient (Wildman–Crippen LogP) is 6.39. The number of benzene rings is 3. The fraction of sp³-hybridized carbons (Fsp3) is 0.417. The van der Waals surface area contributed by atoms with Crippen molar-refractivity contribution in [3.05, 3.63) is 112 Å². The molecule has 332 valence electrons. The lowest BCUT2D eigenvalue weighted by molar-refractivity contribution is -0.137. The van der Waals surface area contributed by atoms with Gasteiger partial charge in [-0.15, -0.1) is 0 Å². The van der Waals surface area contributed by atoms with E-state index in [0.717, 1.165) is 84.8 Å². The van der Waals surface area contributed by atoms with E-state index in [4.69, 9.17) is 9.84 Å². The summed E-state index contributed by atoms with van der Waals surface area (Å²) in [5.41, 5.74) is 8.45. The third-order valence-electron chi connectivity index (χ3n) is 13.6. The van der Waals surface area contributed by atoms with Gasteiger partial charge in [0.15, 0.2) is 5.82 Å². The number of alkyl halides is 2. The smallest absolute Gasteiger partial charge is 0.264 e. The van der Waals surface area contributed by atoms with Crippen molar-refractivity contribution < 1.29 is 32.7 Å². The van der Waals surface area contributed by atoms with Crippen LogP contribution < -0.4 is 15.0 Å². The van der Waals surface area contributed by atoms with Gasteiger partial charge in [-0.25, -0.2) is 8.78 Å².